The Morgan fingerprint density at radius 3 is 2.72 bits per heavy atom. The molecule has 5 heteroatoms. The normalized spacial score (nSPS) is 21.3. The summed E-state index contributed by atoms with van der Waals surface area (Å²) in [6.45, 7) is 3.18. The lowest BCUT2D eigenvalue weighted by atomic mass is 10.2. The summed E-state index contributed by atoms with van der Waals surface area (Å²) in [4.78, 5) is 0.438. The predicted molar refractivity (Wildman–Crippen MR) is 71.8 cm³/mol. The summed E-state index contributed by atoms with van der Waals surface area (Å²) < 4.78 is 26.9. The van der Waals surface area contributed by atoms with Crippen LogP contribution in [-0.2, 0) is 16.6 Å². The van der Waals surface area contributed by atoms with Crippen LogP contribution in [0.1, 0.15) is 25.3 Å². The molecule has 0 radical (unpaired) electrons. The number of rotatable bonds is 4. The van der Waals surface area contributed by atoms with Gasteiger partial charge in [0.05, 0.1) is 4.90 Å². The van der Waals surface area contributed by atoms with Gasteiger partial charge in [0.1, 0.15) is 0 Å². The molecule has 1 aliphatic rings. The van der Waals surface area contributed by atoms with Crippen molar-refractivity contribution in [1.82, 2.24) is 9.62 Å². The highest BCUT2D eigenvalue weighted by Crippen LogP contribution is 2.27. The lowest BCUT2D eigenvalue weighted by Crippen LogP contribution is -2.34. The molecule has 1 atom stereocenters. The number of sulfonamides is 1. The maximum Gasteiger partial charge on any atom is 0.243 e. The zero-order valence-electron chi connectivity index (χ0n) is 10.9. The molecule has 18 heavy (non-hydrogen) atoms. The quantitative estimate of drug-likeness (QED) is 0.902. The fraction of sp³-hybridized carbons (Fsp3) is 0.538. The van der Waals surface area contributed by atoms with E-state index in [0.29, 0.717) is 18.0 Å². The van der Waals surface area contributed by atoms with Gasteiger partial charge < -0.3 is 5.32 Å². The minimum Gasteiger partial charge on any atom is -0.316 e. The molecule has 100 valence electrons. The van der Waals surface area contributed by atoms with Gasteiger partial charge in [0, 0.05) is 19.1 Å². The van der Waals surface area contributed by atoms with Crippen molar-refractivity contribution >= 4 is 10.0 Å². The Labute approximate surface area is 109 Å². The zero-order valence-corrected chi connectivity index (χ0v) is 11.7. The van der Waals surface area contributed by atoms with Gasteiger partial charge in [-0.25, -0.2) is 8.42 Å². The van der Waals surface area contributed by atoms with Crippen molar-refractivity contribution in [3.63, 3.8) is 0 Å². The standard InChI is InChI=1S/C13H20N2O2S/c1-11-6-5-9-15(11)18(16,17)13-8-4-3-7-12(13)10-14-2/h3-4,7-8,11,14H,5-6,9-10H2,1-2H3. The zero-order chi connectivity index (χ0) is 13.2. The molecule has 1 fully saturated rings. The summed E-state index contributed by atoms with van der Waals surface area (Å²) in [5.41, 5.74) is 0.833. The molecule has 1 unspecified atom stereocenters. The summed E-state index contributed by atoms with van der Waals surface area (Å²) >= 11 is 0. The van der Waals surface area contributed by atoms with Crippen LogP contribution in [0.5, 0.6) is 0 Å². The van der Waals surface area contributed by atoms with Gasteiger partial charge >= 0.3 is 0 Å². The first-order chi connectivity index (χ1) is 8.57. The van der Waals surface area contributed by atoms with E-state index in [0.717, 1.165) is 18.4 Å². The Balaban J connectivity index is 2.41. The summed E-state index contributed by atoms with van der Waals surface area (Å²) in [5.74, 6) is 0. The Morgan fingerprint density at radius 1 is 1.39 bits per heavy atom. The molecule has 4 nitrogen and oxygen atoms in total. The van der Waals surface area contributed by atoms with Gasteiger partial charge in [-0.1, -0.05) is 18.2 Å². The van der Waals surface area contributed by atoms with Crippen LogP contribution < -0.4 is 5.32 Å². The van der Waals surface area contributed by atoms with Crippen LogP contribution >= 0.6 is 0 Å². The van der Waals surface area contributed by atoms with Crippen molar-refractivity contribution in [1.29, 1.82) is 0 Å². The van der Waals surface area contributed by atoms with Crippen molar-refractivity contribution in [2.45, 2.75) is 37.2 Å². The molecule has 1 aromatic carbocycles. The Kier molecular flexibility index (Phi) is 4.04. The third-order valence-electron chi connectivity index (χ3n) is 3.42. The van der Waals surface area contributed by atoms with E-state index in [9.17, 15) is 8.42 Å². The molecule has 0 aliphatic carbocycles. The third kappa shape index (κ3) is 2.43. The van der Waals surface area contributed by atoms with Gasteiger partial charge in [-0.05, 0) is 38.4 Å². The maximum atomic E-state index is 12.6. The number of nitrogens with zero attached hydrogens (tertiary/aromatic N) is 1. The van der Waals surface area contributed by atoms with Gasteiger partial charge in [-0.3, -0.25) is 0 Å². The van der Waals surface area contributed by atoms with Crippen LogP contribution in [0, 0.1) is 0 Å². The maximum absolute atomic E-state index is 12.6. The molecule has 0 bridgehead atoms. The van der Waals surface area contributed by atoms with Gasteiger partial charge in [-0.2, -0.15) is 4.31 Å². The second-order valence-electron chi connectivity index (χ2n) is 4.75. The Bertz CT molecular complexity index is 513. The molecular formula is C13H20N2O2S. The molecule has 0 amide bonds. The van der Waals surface area contributed by atoms with E-state index in [1.807, 2.05) is 26.1 Å². The van der Waals surface area contributed by atoms with E-state index < -0.39 is 10.0 Å². The van der Waals surface area contributed by atoms with Crippen LogP contribution in [0.3, 0.4) is 0 Å². The van der Waals surface area contributed by atoms with E-state index in [1.165, 1.54) is 0 Å². The molecule has 1 saturated heterocycles. The van der Waals surface area contributed by atoms with E-state index >= 15 is 0 Å². The van der Waals surface area contributed by atoms with Crippen LogP contribution in [0.25, 0.3) is 0 Å². The summed E-state index contributed by atoms with van der Waals surface area (Å²) in [6.07, 6.45) is 1.90. The predicted octanol–water partition coefficient (Wildman–Crippen LogP) is 1.58. The molecule has 1 aliphatic heterocycles. The molecule has 2 rings (SSSR count). The number of benzene rings is 1. The van der Waals surface area contributed by atoms with Crippen molar-refractivity contribution in [3.05, 3.63) is 29.8 Å². The minimum absolute atomic E-state index is 0.109. The van der Waals surface area contributed by atoms with Crippen molar-refractivity contribution in [2.75, 3.05) is 13.6 Å². The fourth-order valence-electron chi connectivity index (χ4n) is 2.48. The smallest absolute Gasteiger partial charge is 0.243 e. The van der Waals surface area contributed by atoms with Crippen molar-refractivity contribution in [3.8, 4) is 0 Å². The summed E-state index contributed by atoms with van der Waals surface area (Å²) in [5, 5.41) is 3.02. The molecule has 1 heterocycles. The second kappa shape index (κ2) is 5.38. The highest BCUT2D eigenvalue weighted by Gasteiger charge is 2.33. The van der Waals surface area contributed by atoms with Crippen molar-refractivity contribution in [2.24, 2.45) is 0 Å². The SMILES string of the molecule is CNCc1ccccc1S(=O)(=O)N1CCCC1C. The molecular weight excluding hydrogens is 248 g/mol. The molecule has 0 spiro atoms. The highest BCUT2D eigenvalue weighted by atomic mass is 32.2. The van der Waals surface area contributed by atoms with Gasteiger partial charge in [-0.15, -0.1) is 0 Å². The largest absolute Gasteiger partial charge is 0.316 e. The number of hydrogen-bond acceptors (Lipinski definition) is 3. The van der Waals surface area contributed by atoms with E-state index in [-0.39, 0.29) is 6.04 Å². The molecule has 1 N–H and O–H groups in total. The van der Waals surface area contributed by atoms with Crippen molar-refractivity contribution < 1.29 is 8.42 Å². The lowest BCUT2D eigenvalue weighted by Gasteiger charge is -2.22. The lowest BCUT2D eigenvalue weighted by molar-refractivity contribution is 0.407. The molecule has 0 aromatic heterocycles. The first-order valence-corrected chi connectivity index (χ1v) is 7.75. The van der Waals surface area contributed by atoms with E-state index in [4.69, 9.17) is 0 Å². The van der Waals surface area contributed by atoms with Gasteiger partial charge in [0.15, 0.2) is 0 Å². The first-order valence-electron chi connectivity index (χ1n) is 6.31. The Hall–Kier alpha value is -0.910. The summed E-state index contributed by atoms with van der Waals surface area (Å²) in [7, 11) is -1.53. The highest BCUT2D eigenvalue weighted by molar-refractivity contribution is 7.89. The van der Waals surface area contributed by atoms with Crippen LogP contribution in [0.2, 0.25) is 0 Å². The Morgan fingerprint density at radius 2 is 2.11 bits per heavy atom. The van der Waals surface area contributed by atoms with Crippen LogP contribution in [0.4, 0.5) is 0 Å². The molecule has 1 aromatic rings. The van der Waals surface area contributed by atoms with Gasteiger partial charge in [0.25, 0.3) is 0 Å². The third-order valence-corrected chi connectivity index (χ3v) is 5.53. The van der Waals surface area contributed by atoms with Crippen LogP contribution in [-0.4, -0.2) is 32.4 Å². The number of hydrogen-bond donors (Lipinski definition) is 1. The fourth-order valence-corrected chi connectivity index (χ4v) is 4.41. The topological polar surface area (TPSA) is 49.4 Å². The molecule has 0 saturated carbocycles. The van der Waals surface area contributed by atoms with E-state index in [2.05, 4.69) is 5.32 Å². The van der Waals surface area contributed by atoms with Gasteiger partial charge in [0.2, 0.25) is 10.0 Å². The minimum atomic E-state index is -3.35. The first kappa shape index (κ1) is 13.5. The monoisotopic (exact) mass is 268 g/mol. The number of nitrogens with one attached hydrogen (secondary N) is 1. The van der Waals surface area contributed by atoms with E-state index in [1.54, 1.807) is 16.4 Å². The summed E-state index contributed by atoms with van der Waals surface area (Å²) in [6, 6.07) is 7.33. The average Bonchev–Trinajstić information content (AvgIpc) is 2.77. The second-order valence-corrected chi connectivity index (χ2v) is 6.60. The average molecular weight is 268 g/mol. The van der Waals surface area contributed by atoms with Crippen LogP contribution in [0.15, 0.2) is 29.2 Å².